The van der Waals surface area contributed by atoms with Crippen LogP contribution in [0.4, 0.5) is 0 Å². The molecule has 1 amide bonds. The number of hydrogen-bond donors (Lipinski definition) is 2. The zero-order valence-corrected chi connectivity index (χ0v) is 14.7. The second-order valence-electron chi connectivity index (χ2n) is 8.32. The third-order valence-corrected chi connectivity index (χ3v) is 6.31. The van der Waals surface area contributed by atoms with Crippen molar-refractivity contribution in [2.24, 2.45) is 28.3 Å². The van der Waals surface area contributed by atoms with Crippen molar-refractivity contribution in [2.45, 2.75) is 44.9 Å². The Balaban J connectivity index is 1.34. The van der Waals surface area contributed by atoms with Gasteiger partial charge in [-0.05, 0) is 85.5 Å². The molecule has 5 nitrogen and oxygen atoms in total. The molecule has 1 aromatic rings. The van der Waals surface area contributed by atoms with E-state index in [2.05, 4.69) is 10.5 Å². The first-order valence-corrected chi connectivity index (χ1v) is 9.24. The number of phenols is 1. The lowest BCUT2D eigenvalue weighted by Crippen LogP contribution is -2.47. The molecular weight excluding hydrogens is 316 g/mol. The van der Waals surface area contributed by atoms with E-state index in [0.29, 0.717) is 17.7 Å². The molecule has 5 rings (SSSR count). The second-order valence-corrected chi connectivity index (χ2v) is 8.32. The highest BCUT2D eigenvalue weighted by molar-refractivity contribution is 5.83. The number of phenolic OH excluding ortho intramolecular Hbond substituents is 1. The normalized spacial score (nSPS) is 32.9. The summed E-state index contributed by atoms with van der Waals surface area (Å²) in [5.74, 6) is 3.05. The van der Waals surface area contributed by atoms with E-state index in [4.69, 9.17) is 4.74 Å². The van der Waals surface area contributed by atoms with Crippen LogP contribution in [0.15, 0.2) is 23.3 Å². The molecule has 4 aliphatic rings. The maximum Gasteiger partial charge on any atom is 0.240 e. The average molecular weight is 342 g/mol. The standard InChI is InChI=1S/C20H26N2O3/c1-25-18-3-2-13(7-17(18)23)12-21-22-19(24)11-20-8-14-4-15(9-20)6-16(5-14)10-20/h2-3,7,12,14-16,23H,4-6,8-11H2,1H3,(H,22,24). The smallest absolute Gasteiger partial charge is 0.240 e. The monoisotopic (exact) mass is 342 g/mol. The zero-order valence-electron chi connectivity index (χ0n) is 14.7. The summed E-state index contributed by atoms with van der Waals surface area (Å²) >= 11 is 0. The fourth-order valence-electron chi connectivity index (χ4n) is 5.85. The van der Waals surface area contributed by atoms with Gasteiger partial charge in [0.1, 0.15) is 0 Å². The number of carbonyl (C=O) groups excluding carboxylic acids is 1. The SMILES string of the molecule is COc1ccc(C=NNC(=O)CC23CC4CC(CC(C4)C2)C3)cc1O. The van der Waals surface area contributed by atoms with Gasteiger partial charge in [0.2, 0.25) is 5.91 Å². The van der Waals surface area contributed by atoms with Gasteiger partial charge in [0, 0.05) is 6.42 Å². The first kappa shape index (κ1) is 16.4. The molecular formula is C20H26N2O3. The van der Waals surface area contributed by atoms with Crippen LogP contribution >= 0.6 is 0 Å². The van der Waals surface area contributed by atoms with E-state index in [1.165, 1.54) is 45.6 Å². The highest BCUT2D eigenvalue weighted by Crippen LogP contribution is 2.61. The van der Waals surface area contributed by atoms with E-state index in [-0.39, 0.29) is 17.1 Å². The Morgan fingerprint density at radius 2 is 1.92 bits per heavy atom. The van der Waals surface area contributed by atoms with E-state index in [1.54, 1.807) is 24.4 Å². The van der Waals surface area contributed by atoms with Gasteiger partial charge in [-0.3, -0.25) is 4.79 Å². The fourth-order valence-corrected chi connectivity index (χ4v) is 5.85. The predicted molar refractivity (Wildman–Crippen MR) is 95.6 cm³/mol. The summed E-state index contributed by atoms with van der Waals surface area (Å²) in [7, 11) is 1.51. The lowest BCUT2D eigenvalue weighted by atomic mass is 9.49. The number of aromatic hydroxyl groups is 1. The number of carbonyl (C=O) groups is 1. The van der Waals surface area contributed by atoms with Gasteiger partial charge < -0.3 is 9.84 Å². The summed E-state index contributed by atoms with van der Waals surface area (Å²) in [6.07, 6.45) is 9.99. The fraction of sp³-hybridized carbons (Fsp3) is 0.600. The van der Waals surface area contributed by atoms with Crippen LogP contribution < -0.4 is 10.2 Å². The molecule has 4 aliphatic carbocycles. The minimum atomic E-state index is 0.0101. The molecule has 0 saturated heterocycles. The molecule has 4 bridgehead atoms. The molecule has 4 saturated carbocycles. The van der Waals surface area contributed by atoms with Crippen molar-refractivity contribution in [2.75, 3.05) is 7.11 Å². The summed E-state index contributed by atoms with van der Waals surface area (Å²) in [4.78, 5) is 12.4. The molecule has 0 aliphatic heterocycles. The molecule has 0 unspecified atom stereocenters. The maximum atomic E-state index is 12.4. The third kappa shape index (κ3) is 3.37. The number of nitrogens with zero attached hydrogens (tertiary/aromatic N) is 1. The lowest BCUT2D eigenvalue weighted by Gasteiger charge is -2.56. The molecule has 0 atom stereocenters. The molecule has 4 fully saturated rings. The average Bonchev–Trinajstić information content (AvgIpc) is 2.53. The van der Waals surface area contributed by atoms with Gasteiger partial charge in [-0.1, -0.05) is 0 Å². The lowest BCUT2D eigenvalue weighted by molar-refractivity contribution is -0.129. The van der Waals surface area contributed by atoms with E-state index in [1.807, 2.05) is 0 Å². The summed E-state index contributed by atoms with van der Waals surface area (Å²) in [6, 6.07) is 5.02. The van der Waals surface area contributed by atoms with Crippen molar-refractivity contribution in [3.8, 4) is 11.5 Å². The number of ether oxygens (including phenoxy) is 1. The third-order valence-electron chi connectivity index (χ3n) is 6.31. The number of rotatable bonds is 5. The van der Waals surface area contributed by atoms with Crippen molar-refractivity contribution in [1.29, 1.82) is 0 Å². The van der Waals surface area contributed by atoms with Crippen LogP contribution in [0.25, 0.3) is 0 Å². The Kier molecular flexibility index (Phi) is 4.18. The number of hydrogen-bond acceptors (Lipinski definition) is 4. The molecule has 0 radical (unpaired) electrons. The number of methoxy groups -OCH3 is 1. The molecule has 2 N–H and O–H groups in total. The predicted octanol–water partition coefficient (Wildman–Crippen LogP) is 3.46. The van der Waals surface area contributed by atoms with Gasteiger partial charge >= 0.3 is 0 Å². The van der Waals surface area contributed by atoms with Gasteiger partial charge in [-0.25, -0.2) is 5.43 Å². The van der Waals surface area contributed by atoms with Gasteiger partial charge in [-0.15, -0.1) is 0 Å². The van der Waals surface area contributed by atoms with Crippen LogP contribution in [-0.2, 0) is 4.79 Å². The van der Waals surface area contributed by atoms with Gasteiger partial charge in [0.05, 0.1) is 13.3 Å². The van der Waals surface area contributed by atoms with Crippen LogP contribution in [0, 0.1) is 23.2 Å². The summed E-state index contributed by atoms with van der Waals surface area (Å²) in [5, 5.41) is 13.8. The van der Waals surface area contributed by atoms with Crippen LogP contribution in [0.1, 0.15) is 50.5 Å². The molecule has 1 aromatic carbocycles. The van der Waals surface area contributed by atoms with Crippen LogP contribution in [-0.4, -0.2) is 24.3 Å². The van der Waals surface area contributed by atoms with Crippen LogP contribution in [0.5, 0.6) is 11.5 Å². The van der Waals surface area contributed by atoms with Crippen molar-refractivity contribution in [3.63, 3.8) is 0 Å². The highest BCUT2D eigenvalue weighted by atomic mass is 16.5. The van der Waals surface area contributed by atoms with Crippen molar-refractivity contribution in [1.82, 2.24) is 5.43 Å². The van der Waals surface area contributed by atoms with Crippen molar-refractivity contribution < 1.29 is 14.6 Å². The molecule has 0 aromatic heterocycles. The molecule has 5 heteroatoms. The summed E-state index contributed by atoms with van der Waals surface area (Å²) < 4.78 is 5.01. The van der Waals surface area contributed by atoms with Gasteiger partial charge in [0.15, 0.2) is 11.5 Å². The van der Waals surface area contributed by atoms with E-state index in [9.17, 15) is 9.90 Å². The molecule has 25 heavy (non-hydrogen) atoms. The van der Waals surface area contributed by atoms with E-state index in [0.717, 1.165) is 17.8 Å². The van der Waals surface area contributed by atoms with Crippen molar-refractivity contribution >= 4 is 12.1 Å². The van der Waals surface area contributed by atoms with Crippen molar-refractivity contribution in [3.05, 3.63) is 23.8 Å². The van der Waals surface area contributed by atoms with Crippen LogP contribution in [0.2, 0.25) is 0 Å². The first-order valence-electron chi connectivity index (χ1n) is 9.24. The summed E-state index contributed by atoms with van der Waals surface area (Å²) in [6.45, 7) is 0. The second kappa shape index (κ2) is 6.36. The minimum absolute atomic E-state index is 0.0101. The first-order chi connectivity index (χ1) is 12.0. The number of hydrazone groups is 1. The number of benzene rings is 1. The zero-order chi connectivity index (χ0) is 17.4. The Morgan fingerprint density at radius 1 is 1.28 bits per heavy atom. The van der Waals surface area contributed by atoms with E-state index < -0.39 is 0 Å². The maximum absolute atomic E-state index is 12.4. The van der Waals surface area contributed by atoms with E-state index >= 15 is 0 Å². The number of amides is 1. The quantitative estimate of drug-likeness (QED) is 0.636. The Bertz CT molecular complexity index is 663. The summed E-state index contributed by atoms with van der Waals surface area (Å²) in [5.41, 5.74) is 3.62. The minimum Gasteiger partial charge on any atom is -0.504 e. The van der Waals surface area contributed by atoms with Gasteiger partial charge in [0.25, 0.3) is 0 Å². The Morgan fingerprint density at radius 3 is 2.48 bits per heavy atom. The number of nitrogens with one attached hydrogen (secondary N) is 1. The molecule has 0 spiro atoms. The Hall–Kier alpha value is -2.04. The molecule has 0 heterocycles. The topological polar surface area (TPSA) is 70.9 Å². The Labute approximate surface area is 148 Å². The molecule has 134 valence electrons. The highest BCUT2D eigenvalue weighted by Gasteiger charge is 2.51. The van der Waals surface area contributed by atoms with Gasteiger partial charge in [-0.2, -0.15) is 5.10 Å². The van der Waals surface area contributed by atoms with Crippen LogP contribution in [0.3, 0.4) is 0 Å². The largest absolute Gasteiger partial charge is 0.504 e.